The SMILES string of the molecule is CC(=O)Nc1cccc(NC(=O)c2ccc(=O)n(CC(C)C)n2)c1. The van der Waals surface area contributed by atoms with Gasteiger partial charge in [0.15, 0.2) is 0 Å². The summed E-state index contributed by atoms with van der Waals surface area (Å²) in [6, 6.07) is 9.51. The highest BCUT2D eigenvalue weighted by Gasteiger charge is 2.11. The number of benzene rings is 1. The molecule has 0 unspecified atom stereocenters. The number of amides is 2. The Morgan fingerprint density at radius 2 is 1.79 bits per heavy atom. The summed E-state index contributed by atoms with van der Waals surface area (Å²) in [5.41, 5.74) is 1.01. The zero-order valence-electron chi connectivity index (χ0n) is 13.9. The monoisotopic (exact) mass is 328 g/mol. The first kappa shape index (κ1) is 17.4. The Morgan fingerprint density at radius 1 is 1.12 bits per heavy atom. The molecule has 7 heteroatoms. The van der Waals surface area contributed by atoms with Crippen LogP contribution in [-0.4, -0.2) is 21.6 Å². The Labute approximate surface area is 139 Å². The standard InChI is InChI=1S/C17H20N4O3/c1-11(2)10-21-16(23)8-7-15(20-21)17(24)19-14-6-4-5-13(9-14)18-12(3)22/h4-9,11H,10H2,1-3H3,(H,18,22)(H,19,24). The van der Waals surface area contributed by atoms with Crippen LogP contribution in [0, 0.1) is 5.92 Å². The topological polar surface area (TPSA) is 93.1 Å². The number of carbonyl (C=O) groups is 2. The van der Waals surface area contributed by atoms with E-state index in [-0.39, 0.29) is 23.1 Å². The molecule has 2 N–H and O–H groups in total. The van der Waals surface area contributed by atoms with Gasteiger partial charge < -0.3 is 10.6 Å². The van der Waals surface area contributed by atoms with Gasteiger partial charge in [-0.3, -0.25) is 14.4 Å². The highest BCUT2D eigenvalue weighted by Crippen LogP contribution is 2.15. The molecule has 0 spiro atoms. The van der Waals surface area contributed by atoms with Gasteiger partial charge in [0.2, 0.25) is 5.91 Å². The van der Waals surface area contributed by atoms with Gasteiger partial charge in [0.25, 0.3) is 11.5 Å². The van der Waals surface area contributed by atoms with Crippen LogP contribution >= 0.6 is 0 Å². The molecule has 1 aromatic carbocycles. The predicted octanol–water partition coefficient (Wildman–Crippen LogP) is 2.11. The average Bonchev–Trinajstić information content (AvgIpc) is 2.48. The van der Waals surface area contributed by atoms with E-state index in [1.165, 1.54) is 23.7 Å². The lowest BCUT2D eigenvalue weighted by molar-refractivity contribution is -0.114. The van der Waals surface area contributed by atoms with E-state index in [1.807, 2.05) is 13.8 Å². The second kappa shape index (κ2) is 7.54. The smallest absolute Gasteiger partial charge is 0.276 e. The molecule has 0 bridgehead atoms. The van der Waals surface area contributed by atoms with Crippen molar-refractivity contribution in [3.05, 3.63) is 52.4 Å². The van der Waals surface area contributed by atoms with Crippen molar-refractivity contribution in [2.75, 3.05) is 10.6 Å². The molecule has 24 heavy (non-hydrogen) atoms. The molecule has 0 aliphatic carbocycles. The number of nitrogens with one attached hydrogen (secondary N) is 2. The fraction of sp³-hybridized carbons (Fsp3) is 0.294. The summed E-state index contributed by atoms with van der Waals surface area (Å²) in [7, 11) is 0. The Hall–Kier alpha value is -2.96. The summed E-state index contributed by atoms with van der Waals surface area (Å²) in [4.78, 5) is 35.2. The number of nitrogens with zero attached hydrogens (tertiary/aromatic N) is 2. The molecule has 2 aromatic rings. The first-order valence-electron chi connectivity index (χ1n) is 7.62. The molecule has 7 nitrogen and oxygen atoms in total. The third-order valence-electron chi connectivity index (χ3n) is 3.08. The van der Waals surface area contributed by atoms with Gasteiger partial charge in [-0.05, 0) is 30.2 Å². The Bertz CT molecular complexity index is 811. The first-order chi connectivity index (χ1) is 11.3. The minimum Gasteiger partial charge on any atom is -0.326 e. The van der Waals surface area contributed by atoms with Crippen molar-refractivity contribution in [3.63, 3.8) is 0 Å². The summed E-state index contributed by atoms with van der Waals surface area (Å²) in [5, 5.41) is 9.45. The number of rotatable bonds is 5. The van der Waals surface area contributed by atoms with E-state index in [4.69, 9.17) is 0 Å². The molecule has 1 heterocycles. The lowest BCUT2D eigenvalue weighted by Gasteiger charge is -2.10. The second-order valence-corrected chi connectivity index (χ2v) is 5.85. The molecule has 1 aromatic heterocycles. The van der Waals surface area contributed by atoms with Gasteiger partial charge >= 0.3 is 0 Å². The Kier molecular flexibility index (Phi) is 5.47. The molecular formula is C17H20N4O3. The highest BCUT2D eigenvalue weighted by molar-refractivity contribution is 6.03. The predicted molar refractivity (Wildman–Crippen MR) is 92.0 cm³/mol. The van der Waals surface area contributed by atoms with Gasteiger partial charge in [0.1, 0.15) is 5.69 Å². The molecule has 126 valence electrons. The van der Waals surface area contributed by atoms with E-state index in [0.717, 1.165) is 0 Å². The van der Waals surface area contributed by atoms with E-state index in [0.29, 0.717) is 17.9 Å². The van der Waals surface area contributed by atoms with E-state index in [1.54, 1.807) is 24.3 Å². The van der Waals surface area contributed by atoms with Crippen molar-refractivity contribution in [3.8, 4) is 0 Å². The van der Waals surface area contributed by atoms with E-state index >= 15 is 0 Å². The summed E-state index contributed by atoms with van der Waals surface area (Å²) in [6.07, 6.45) is 0. The molecule has 0 aliphatic rings. The molecule has 0 saturated heterocycles. The van der Waals surface area contributed by atoms with Crippen LogP contribution in [0.15, 0.2) is 41.2 Å². The normalized spacial score (nSPS) is 10.5. The number of anilines is 2. The number of hydrogen-bond acceptors (Lipinski definition) is 4. The molecule has 0 atom stereocenters. The van der Waals surface area contributed by atoms with Crippen molar-refractivity contribution in [2.24, 2.45) is 5.92 Å². The fourth-order valence-corrected chi connectivity index (χ4v) is 2.12. The van der Waals surface area contributed by atoms with Crippen LogP contribution < -0.4 is 16.2 Å². The summed E-state index contributed by atoms with van der Waals surface area (Å²) >= 11 is 0. The Morgan fingerprint density at radius 3 is 2.42 bits per heavy atom. The lowest BCUT2D eigenvalue weighted by Crippen LogP contribution is -2.27. The van der Waals surface area contributed by atoms with Gasteiger partial charge in [-0.2, -0.15) is 5.10 Å². The van der Waals surface area contributed by atoms with Crippen LogP contribution in [0.5, 0.6) is 0 Å². The average molecular weight is 328 g/mol. The number of aromatic nitrogens is 2. The molecule has 0 aliphatic heterocycles. The van der Waals surface area contributed by atoms with Crippen LogP contribution in [0.1, 0.15) is 31.3 Å². The third-order valence-corrected chi connectivity index (χ3v) is 3.08. The minimum atomic E-state index is -0.424. The summed E-state index contributed by atoms with van der Waals surface area (Å²) in [6.45, 7) is 5.79. The van der Waals surface area contributed by atoms with Crippen LogP contribution in [0.4, 0.5) is 11.4 Å². The van der Waals surface area contributed by atoms with Crippen LogP contribution in [0.25, 0.3) is 0 Å². The van der Waals surface area contributed by atoms with Crippen molar-refractivity contribution in [2.45, 2.75) is 27.3 Å². The van der Waals surface area contributed by atoms with Crippen LogP contribution in [0.2, 0.25) is 0 Å². The van der Waals surface area contributed by atoms with Gasteiger partial charge in [-0.15, -0.1) is 0 Å². The third kappa shape index (κ3) is 4.77. The lowest BCUT2D eigenvalue weighted by atomic mass is 10.2. The number of carbonyl (C=O) groups excluding carboxylic acids is 2. The largest absolute Gasteiger partial charge is 0.326 e. The van der Waals surface area contributed by atoms with Crippen molar-refractivity contribution in [1.82, 2.24) is 9.78 Å². The first-order valence-corrected chi connectivity index (χ1v) is 7.62. The van der Waals surface area contributed by atoms with Crippen LogP contribution in [0.3, 0.4) is 0 Å². The highest BCUT2D eigenvalue weighted by atomic mass is 16.2. The molecular weight excluding hydrogens is 308 g/mol. The van der Waals surface area contributed by atoms with E-state index in [9.17, 15) is 14.4 Å². The molecule has 0 saturated carbocycles. The minimum absolute atomic E-state index is 0.153. The number of hydrogen-bond donors (Lipinski definition) is 2. The van der Waals surface area contributed by atoms with Gasteiger partial charge in [0.05, 0.1) is 0 Å². The van der Waals surface area contributed by atoms with Gasteiger partial charge in [0, 0.05) is 30.9 Å². The molecule has 2 rings (SSSR count). The summed E-state index contributed by atoms with van der Waals surface area (Å²) in [5.74, 6) is -0.378. The van der Waals surface area contributed by atoms with Crippen molar-refractivity contribution < 1.29 is 9.59 Å². The zero-order chi connectivity index (χ0) is 17.7. The molecule has 0 fully saturated rings. The van der Waals surface area contributed by atoms with Crippen molar-refractivity contribution in [1.29, 1.82) is 0 Å². The van der Waals surface area contributed by atoms with E-state index < -0.39 is 5.91 Å². The molecule has 2 amide bonds. The van der Waals surface area contributed by atoms with Gasteiger partial charge in [-0.1, -0.05) is 19.9 Å². The maximum Gasteiger partial charge on any atom is 0.276 e. The quantitative estimate of drug-likeness (QED) is 0.879. The fourth-order valence-electron chi connectivity index (χ4n) is 2.12. The maximum atomic E-state index is 12.3. The van der Waals surface area contributed by atoms with Crippen LogP contribution in [-0.2, 0) is 11.3 Å². The maximum absolute atomic E-state index is 12.3. The van der Waals surface area contributed by atoms with Gasteiger partial charge in [-0.25, -0.2) is 4.68 Å². The zero-order valence-corrected chi connectivity index (χ0v) is 13.9. The summed E-state index contributed by atoms with van der Waals surface area (Å²) < 4.78 is 1.29. The molecule has 0 radical (unpaired) electrons. The Balaban J connectivity index is 2.18. The second-order valence-electron chi connectivity index (χ2n) is 5.85. The van der Waals surface area contributed by atoms with Crippen molar-refractivity contribution >= 4 is 23.2 Å². The van der Waals surface area contributed by atoms with E-state index in [2.05, 4.69) is 15.7 Å².